The minimum Gasteiger partial charge on any atom is -0.494 e. The predicted molar refractivity (Wildman–Crippen MR) is 125 cm³/mol. The van der Waals surface area contributed by atoms with E-state index in [0.29, 0.717) is 12.6 Å². The lowest BCUT2D eigenvalue weighted by molar-refractivity contribution is 0.00174. The van der Waals surface area contributed by atoms with E-state index in [0.717, 1.165) is 50.2 Å². The number of likely N-dealkylation sites (tertiary alicyclic amines) is 1. The number of benzene rings is 1. The lowest BCUT2D eigenvalue weighted by Crippen LogP contribution is -2.49. The molecule has 1 N–H and O–H groups in total. The number of hydrogen-bond donors (Lipinski definition) is 1. The second-order valence-corrected chi connectivity index (χ2v) is 8.45. The summed E-state index contributed by atoms with van der Waals surface area (Å²) in [4.78, 5) is 15.1. The number of nitrogens with one attached hydrogen (secondary N) is 1. The molecule has 6 heteroatoms. The number of piperidine rings is 1. The summed E-state index contributed by atoms with van der Waals surface area (Å²) >= 11 is 0. The fourth-order valence-electron chi connectivity index (χ4n) is 4.55. The molecule has 0 unspecified atom stereocenters. The van der Waals surface area contributed by atoms with Gasteiger partial charge < -0.3 is 9.47 Å². The summed E-state index contributed by atoms with van der Waals surface area (Å²) in [6.45, 7) is 5.21. The zero-order chi connectivity index (χ0) is 20.3. The number of nitrogens with zero attached hydrogens (tertiary/aromatic N) is 1. The van der Waals surface area contributed by atoms with Gasteiger partial charge in [-0.2, -0.15) is 0 Å². The molecule has 0 spiro atoms. The highest BCUT2D eigenvalue weighted by molar-refractivity contribution is 5.85. The lowest BCUT2D eigenvalue weighted by atomic mass is 9.90. The third-order valence-electron chi connectivity index (χ3n) is 6.13. The predicted octanol–water partition coefficient (Wildman–Crippen LogP) is 6.41. The van der Waals surface area contributed by atoms with Crippen LogP contribution in [0.5, 0.6) is 5.75 Å². The third kappa shape index (κ3) is 7.99. The first-order valence-corrected chi connectivity index (χ1v) is 11.7. The Labute approximate surface area is 188 Å². The maximum absolute atomic E-state index is 12.6. The molecule has 2 atom stereocenters. The van der Waals surface area contributed by atoms with Gasteiger partial charge in [0.1, 0.15) is 11.9 Å². The van der Waals surface area contributed by atoms with Crippen LogP contribution in [0.2, 0.25) is 0 Å². The molecule has 3 rings (SSSR count). The zero-order valence-corrected chi connectivity index (χ0v) is 19.3. The molecule has 1 heterocycles. The Morgan fingerprint density at radius 1 is 1.07 bits per heavy atom. The first-order valence-electron chi connectivity index (χ1n) is 11.7. The number of hydrogen-bond acceptors (Lipinski definition) is 4. The van der Waals surface area contributed by atoms with E-state index in [1.165, 1.54) is 44.9 Å². The van der Waals surface area contributed by atoms with Gasteiger partial charge >= 0.3 is 6.09 Å². The van der Waals surface area contributed by atoms with Crippen LogP contribution in [0.15, 0.2) is 24.3 Å². The molecule has 0 bridgehead atoms. The van der Waals surface area contributed by atoms with Crippen molar-refractivity contribution in [2.45, 2.75) is 89.7 Å². The average molecular weight is 439 g/mol. The molecule has 1 aliphatic heterocycles. The molecular formula is C24H39ClN2O3. The van der Waals surface area contributed by atoms with E-state index in [1.54, 1.807) is 0 Å². The quantitative estimate of drug-likeness (QED) is 0.452. The molecule has 2 aliphatic rings. The van der Waals surface area contributed by atoms with Crippen LogP contribution >= 0.6 is 12.4 Å². The molecule has 0 radical (unpaired) electrons. The molecule has 1 aliphatic carbocycles. The van der Waals surface area contributed by atoms with E-state index in [-0.39, 0.29) is 24.6 Å². The van der Waals surface area contributed by atoms with Gasteiger partial charge in [0.2, 0.25) is 0 Å². The zero-order valence-electron chi connectivity index (χ0n) is 18.4. The van der Waals surface area contributed by atoms with Crippen LogP contribution in [0.25, 0.3) is 0 Å². The molecule has 2 fully saturated rings. The molecule has 1 saturated heterocycles. The van der Waals surface area contributed by atoms with Gasteiger partial charge in [-0.1, -0.05) is 45.1 Å². The topological polar surface area (TPSA) is 50.8 Å². The van der Waals surface area contributed by atoms with Crippen LogP contribution in [0.4, 0.5) is 10.5 Å². The molecule has 1 amide bonds. The number of rotatable bonds is 9. The van der Waals surface area contributed by atoms with E-state index in [2.05, 4.69) is 17.1 Å². The van der Waals surface area contributed by atoms with E-state index in [1.807, 2.05) is 24.3 Å². The standard InChI is InChI=1S/C24H38N2O3.ClH/c1-2-3-4-10-18-28-21-13-11-12-20(19-21)25-24(27)29-23-15-7-6-14-22(23)26-16-8-5-9-17-26;/h11-13,19,22-23H,2-10,14-18H2,1H3,(H,25,27);1H/t22-,23-;/m1./s1. The van der Waals surface area contributed by atoms with E-state index < -0.39 is 0 Å². The maximum Gasteiger partial charge on any atom is 0.411 e. The van der Waals surface area contributed by atoms with Crippen LogP contribution in [-0.2, 0) is 4.74 Å². The highest BCUT2D eigenvalue weighted by atomic mass is 35.5. The van der Waals surface area contributed by atoms with Gasteiger partial charge in [-0.15, -0.1) is 12.4 Å². The van der Waals surface area contributed by atoms with Crippen molar-refractivity contribution in [3.63, 3.8) is 0 Å². The normalized spacial score (nSPS) is 22.0. The van der Waals surface area contributed by atoms with Crippen LogP contribution < -0.4 is 10.1 Å². The molecule has 0 aromatic heterocycles. The van der Waals surface area contributed by atoms with Crippen LogP contribution in [-0.4, -0.2) is 42.8 Å². The molecule has 30 heavy (non-hydrogen) atoms. The number of carbonyl (C=O) groups excluding carboxylic acids is 1. The second-order valence-electron chi connectivity index (χ2n) is 8.45. The average Bonchev–Trinajstić information content (AvgIpc) is 2.75. The minimum atomic E-state index is -0.348. The molecule has 1 aromatic carbocycles. The van der Waals surface area contributed by atoms with Crippen molar-refractivity contribution in [3.8, 4) is 5.75 Å². The molecule has 170 valence electrons. The van der Waals surface area contributed by atoms with Gasteiger partial charge in [-0.3, -0.25) is 10.2 Å². The van der Waals surface area contributed by atoms with Gasteiger partial charge in [0, 0.05) is 17.8 Å². The van der Waals surface area contributed by atoms with E-state index in [9.17, 15) is 4.79 Å². The Bertz CT molecular complexity index is 622. The summed E-state index contributed by atoms with van der Waals surface area (Å²) in [5, 5.41) is 2.90. The number of ether oxygens (including phenoxy) is 2. The SMILES string of the molecule is CCCCCCOc1cccc(NC(=O)O[C@@H]2CCCC[C@H]2N2CCCCC2)c1.Cl. The largest absolute Gasteiger partial charge is 0.494 e. The Kier molecular flexibility index (Phi) is 11.4. The molecule has 1 aromatic rings. The summed E-state index contributed by atoms with van der Waals surface area (Å²) in [5.41, 5.74) is 0.728. The Morgan fingerprint density at radius 3 is 2.67 bits per heavy atom. The van der Waals surface area contributed by atoms with Crippen molar-refractivity contribution in [3.05, 3.63) is 24.3 Å². The number of amides is 1. The van der Waals surface area contributed by atoms with Gasteiger partial charge in [-0.05, 0) is 63.7 Å². The van der Waals surface area contributed by atoms with Crippen molar-refractivity contribution < 1.29 is 14.3 Å². The Balaban J connectivity index is 0.00000320. The van der Waals surface area contributed by atoms with Crippen molar-refractivity contribution in [1.29, 1.82) is 0 Å². The number of unbranched alkanes of at least 4 members (excludes halogenated alkanes) is 3. The monoisotopic (exact) mass is 438 g/mol. The van der Waals surface area contributed by atoms with Crippen LogP contribution in [0, 0.1) is 0 Å². The van der Waals surface area contributed by atoms with Crippen LogP contribution in [0.3, 0.4) is 0 Å². The van der Waals surface area contributed by atoms with Gasteiger partial charge in [-0.25, -0.2) is 4.79 Å². The lowest BCUT2D eigenvalue weighted by Gasteiger charge is -2.41. The first kappa shape index (κ1) is 24.8. The van der Waals surface area contributed by atoms with Crippen molar-refractivity contribution in [2.24, 2.45) is 0 Å². The summed E-state index contributed by atoms with van der Waals surface area (Å²) in [6, 6.07) is 7.99. The van der Waals surface area contributed by atoms with Crippen molar-refractivity contribution in [2.75, 3.05) is 25.0 Å². The van der Waals surface area contributed by atoms with Crippen LogP contribution in [0.1, 0.15) is 77.6 Å². The highest BCUT2D eigenvalue weighted by Crippen LogP contribution is 2.28. The summed E-state index contributed by atoms with van der Waals surface area (Å²) < 4.78 is 11.7. The van der Waals surface area contributed by atoms with Gasteiger partial charge in [0.05, 0.1) is 6.61 Å². The Hall–Kier alpha value is -1.46. The Morgan fingerprint density at radius 2 is 1.87 bits per heavy atom. The smallest absolute Gasteiger partial charge is 0.411 e. The fraction of sp³-hybridized carbons (Fsp3) is 0.708. The summed E-state index contributed by atoms with van der Waals surface area (Å²) in [7, 11) is 0. The van der Waals surface area contributed by atoms with Gasteiger partial charge in [0.15, 0.2) is 0 Å². The third-order valence-corrected chi connectivity index (χ3v) is 6.13. The van der Waals surface area contributed by atoms with Crippen molar-refractivity contribution >= 4 is 24.2 Å². The first-order chi connectivity index (χ1) is 14.3. The number of halogens is 1. The summed E-state index contributed by atoms with van der Waals surface area (Å²) in [6.07, 6.45) is 12.7. The number of carbonyl (C=O) groups is 1. The van der Waals surface area contributed by atoms with E-state index in [4.69, 9.17) is 9.47 Å². The molecule has 5 nitrogen and oxygen atoms in total. The molecular weight excluding hydrogens is 400 g/mol. The van der Waals surface area contributed by atoms with E-state index >= 15 is 0 Å². The maximum atomic E-state index is 12.6. The second kappa shape index (κ2) is 13.8. The highest BCUT2D eigenvalue weighted by Gasteiger charge is 2.33. The molecule has 1 saturated carbocycles. The number of anilines is 1. The van der Waals surface area contributed by atoms with Gasteiger partial charge in [0.25, 0.3) is 0 Å². The fourth-order valence-corrected chi connectivity index (χ4v) is 4.55. The summed E-state index contributed by atoms with van der Waals surface area (Å²) in [5.74, 6) is 0.795. The minimum absolute atomic E-state index is 0. The van der Waals surface area contributed by atoms with Crippen molar-refractivity contribution in [1.82, 2.24) is 4.90 Å².